The Labute approximate surface area is 112 Å². The van der Waals surface area contributed by atoms with Crippen molar-refractivity contribution in [3.05, 3.63) is 65.6 Å². The number of nitrogens with two attached hydrogens (primary N) is 1. The van der Waals surface area contributed by atoms with E-state index < -0.39 is 0 Å². The third kappa shape index (κ3) is 3.25. The molecule has 0 fully saturated rings. The molecule has 0 aromatic heterocycles. The molecule has 0 radical (unpaired) electrons. The second-order valence-electron chi connectivity index (χ2n) is 4.12. The van der Waals surface area contributed by atoms with Crippen LogP contribution in [0.15, 0.2) is 65.6 Å². The molecule has 2 rings (SSSR count). The van der Waals surface area contributed by atoms with Crippen LogP contribution in [-0.4, -0.2) is 13.0 Å². The molecule has 98 valence electrons. The fraction of sp³-hybridized carbons (Fsp3) is 0.133. The number of carbonyl (C=O) groups excluding carboxylic acids is 1. The highest BCUT2D eigenvalue weighted by Crippen LogP contribution is 2.17. The minimum absolute atomic E-state index is 0.156. The summed E-state index contributed by atoms with van der Waals surface area (Å²) in [4.78, 5) is 12.1. The summed E-state index contributed by atoms with van der Waals surface area (Å²) in [5, 5.41) is 2.83. The zero-order valence-electron chi connectivity index (χ0n) is 10.7. The minimum Gasteiger partial charge on any atom is -0.495 e. The number of allylic oxidation sites excluding steroid dienone is 3. The van der Waals surface area contributed by atoms with E-state index in [0.29, 0.717) is 23.5 Å². The number of anilines is 1. The summed E-state index contributed by atoms with van der Waals surface area (Å²) in [5.74, 6) is 0.415. The topological polar surface area (TPSA) is 64.3 Å². The highest BCUT2D eigenvalue weighted by molar-refractivity contribution is 6.04. The Morgan fingerprint density at radius 3 is 2.74 bits per heavy atom. The maximum absolute atomic E-state index is 12.1. The summed E-state index contributed by atoms with van der Waals surface area (Å²) >= 11 is 0. The molecule has 1 aliphatic rings. The van der Waals surface area contributed by atoms with Gasteiger partial charge in [-0.15, -0.1) is 0 Å². The van der Waals surface area contributed by atoms with Crippen molar-refractivity contribution in [1.82, 2.24) is 0 Å². The lowest BCUT2D eigenvalue weighted by molar-refractivity contribution is -0.112. The van der Waals surface area contributed by atoms with Crippen molar-refractivity contribution in [3.63, 3.8) is 0 Å². The molecule has 0 heterocycles. The molecule has 0 aliphatic heterocycles. The molecule has 1 aliphatic carbocycles. The van der Waals surface area contributed by atoms with E-state index in [1.807, 2.05) is 36.4 Å². The van der Waals surface area contributed by atoms with Crippen LogP contribution < -0.4 is 11.1 Å². The minimum atomic E-state index is -0.156. The lowest BCUT2D eigenvalue weighted by Gasteiger charge is -2.07. The number of amides is 1. The van der Waals surface area contributed by atoms with Crippen LogP contribution in [0.3, 0.4) is 0 Å². The van der Waals surface area contributed by atoms with E-state index in [4.69, 9.17) is 10.5 Å². The van der Waals surface area contributed by atoms with Crippen LogP contribution in [0.25, 0.3) is 0 Å². The Morgan fingerprint density at radius 2 is 2.05 bits per heavy atom. The highest BCUT2D eigenvalue weighted by atomic mass is 16.5. The fourth-order valence-corrected chi connectivity index (χ4v) is 1.78. The molecule has 4 nitrogen and oxygen atoms in total. The van der Waals surface area contributed by atoms with Crippen LogP contribution >= 0.6 is 0 Å². The quantitative estimate of drug-likeness (QED) is 0.872. The maximum atomic E-state index is 12.1. The average molecular weight is 256 g/mol. The number of rotatable bonds is 3. The number of hydrogen-bond donors (Lipinski definition) is 2. The average Bonchev–Trinajstić information content (AvgIpc) is 2.61. The monoisotopic (exact) mass is 256 g/mol. The Bertz CT molecular complexity index is 557. The van der Waals surface area contributed by atoms with Gasteiger partial charge in [0.15, 0.2) is 0 Å². The number of para-hydroxylation sites is 1. The molecule has 1 amide bonds. The highest BCUT2D eigenvalue weighted by Gasteiger charge is 2.12. The van der Waals surface area contributed by atoms with Crippen molar-refractivity contribution in [1.29, 1.82) is 0 Å². The first kappa shape index (κ1) is 13.0. The summed E-state index contributed by atoms with van der Waals surface area (Å²) < 4.78 is 5.12. The Kier molecular flexibility index (Phi) is 4.03. The predicted octanol–water partition coefficient (Wildman–Crippen LogP) is 2.33. The van der Waals surface area contributed by atoms with Crippen LogP contribution in [-0.2, 0) is 9.53 Å². The largest absolute Gasteiger partial charge is 0.495 e. The maximum Gasteiger partial charge on any atom is 0.251 e. The van der Waals surface area contributed by atoms with Crippen molar-refractivity contribution >= 4 is 11.6 Å². The standard InChI is InChI=1S/C15H16N2O2/c1-19-14-9-5-6-11(10-13(14)16)15(18)17-12-7-3-2-4-8-12/h2-5,7-10H,6,16H2,1H3,(H,17,18). The van der Waals surface area contributed by atoms with E-state index in [9.17, 15) is 4.79 Å². The van der Waals surface area contributed by atoms with E-state index in [0.717, 1.165) is 5.69 Å². The van der Waals surface area contributed by atoms with Gasteiger partial charge in [-0.2, -0.15) is 0 Å². The van der Waals surface area contributed by atoms with Gasteiger partial charge in [0.1, 0.15) is 5.76 Å². The van der Waals surface area contributed by atoms with E-state index in [1.165, 1.54) is 0 Å². The van der Waals surface area contributed by atoms with Gasteiger partial charge < -0.3 is 15.8 Å². The summed E-state index contributed by atoms with van der Waals surface area (Å²) in [6.07, 6.45) is 5.80. The predicted molar refractivity (Wildman–Crippen MR) is 75.1 cm³/mol. The number of hydrogen-bond acceptors (Lipinski definition) is 3. The summed E-state index contributed by atoms with van der Waals surface area (Å²) in [5.41, 5.74) is 7.67. The number of ether oxygens (including phenoxy) is 1. The van der Waals surface area contributed by atoms with E-state index in [2.05, 4.69) is 5.32 Å². The van der Waals surface area contributed by atoms with Crippen molar-refractivity contribution in [2.75, 3.05) is 12.4 Å². The van der Waals surface area contributed by atoms with Gasteiger partial charge in [-0.1, -0.05) is 24.3 Å². The van der Waals surface area contributed by atoms with Gasteiger partial charge in [0.25, 0.3) is 5.91 Å². The third-order valence-corrected chi connectivity index (χ3v) is 2.76. The number of carbonyl (C=O) groups is 1. The molecule has 1 aromatic rings. The molecule has 0 saturated carbocycles. The molecule has 0 unspecified atom stereocenters. The molecular weight excluding hydrogens is 240 g/mol. The van der Waals surface area contributed by atoms with Crippen molar-refractivity contribution < 1.29 is 9.53 Å². The second kappa shape index (κ2) is 5.91. The van der Waals surface area contributed by atoms with E-state index in [1.54, 1.807) is 19.3 Å². The van der Waals surface area contributed by atoms with Gasteiger partial charge in [-0.05, 0) is 30.7 Å². The van der Waals surface area contributed by atoms with Gasteiger partial charge in [-0.25, -0.2) is 0 Å². The SMILES string of the molecule is COC1=C(N)C=C(C(=O)Nc2ccccc2)CC=C1. The Morgan fingerprint density at radius 1 is 1.32 bits per heavy atom. The molecule has 0 saturated heterocycles. The number of benzene rings is 1. The van der Waals surface area contributed by atoms with Gasteiger partial charge in [0.05, 0.1) is 12.8 Å². The third-order valence-electron chi connectivity index (χ3n) is 2.76. The van der Waals surface area contributed by atoms with E-state index in [-0.39, 0.29) is 5.91 Å². The zero-order valence-corrected chi connectivity index (χ0v) is 10.7. The molecule has 0 spiro atoms. The first-order valence-electron chi connectivity index (χ1n) is 5.98. The van der Waals surface area contributed by atoms with Crippen LogP contribution in [0.1, 0.15) is 6.42 Å². The second-order valence-corrected chi connectivity index (χ2v) is 4.12. The van der Waals surface area contributed by atoms with Crippen LogP contribution in [0.2, 0.25) is 0 Å². The normalized spacial score (nSPS) is 14.7. The summed E-state index contributed by atoms with van der Waals surface area (Å²) in [6.45, 7) is 0. The summed E-state index contributed by atoms with van der Waals surface area (Å²) in [6, 6.07) is 9.31. The fourth-order valence-electron chi connectivity index (χ4n) is 1.78. The smallest absolute Gasteiger partial charge is 0.251 e. The molecule has 1 aromatic carbocycles. The first-order valence-corrected chi connectivity index (χ1v) is 5.98. The first-order chi connectivity index (χ1) is 9.20. The van der Waals surface area contributed by atoms with Gasteiger partial charge in [0.2, 0.25) is 0 Å². The lowest BCUT2D eigenvalue weighted by Crippen LogP contribution is -2.14. The molecule has 4 heteroatoms. The van der Waals surface area contributed by atoms with Crippen molar-refractivity contribution in [3.8, 4) is 0 Å². The lowest BCUT2D eigenvalue weighted by atomic mass is 10.1. The summed E-state index contributed by atoms with van der Waals surface area (Å²) in [7, 11) is 1.55. The molecule has 0 atom stereocenters. The number of nitrogens with one attached hydrogen (secondary N) is 1. The van der Waals surface area contributed by atoms with Crippen LogP contribution in [0.5, 0.6) is 0 Å². The Hall–Kier alpha value is -2.49. The Balaban J connectivity index is 2.16. The molecule has 19 heavy (non-hydrogen) atoms. The van der Waals surface area contributed by atoms with Gasteiger partial charge in [0, 0.05) is 11.3 Å². The van der Waals surface area contributed by atoms with Gasteiger partial charge in [-0.3, -0.25) is 4.79 Å². The van der Waals surface area contributed by atoms with Crippen molar-refractivity contribution in [2.45, 2.75) is 6.42 Å². The van der Waals surface area contributed by atoms with Gasteiger partial charge >= 0.3 is 0 Å². The van der Waals surface area contributed by atoms with Crippen LogP contribution in [0.4, 0.5) is 5.69 Å². The van der Waals surface area contributed by atoms with Crippen LogP contribution in [0, 0.1) is 0 Å². The zero-order chi connectivity index (χ0) is 13.7. The number of methoxy groups -OCH3 is 1. The van der Waals surface area contributed by atoms with E-state index >= 15 is 0 Å². The molecule has 3 N–H and O–H groups in total. The molecule has 0 bridgehead atoms. The van der Waals surface area contributed by atoms with Crippen molar-refractivity contribution in [2.24, 2.45) is 5.73 Å². The molecular formula is C15H16N2O2.